The fraction of sp³-hybridized carbons (Fsp3) is 0.500. The number of benzene rings is 1. The number of rotatable bonds is 7. The Kier molecular flexibility index (Phi) is 6.37. The van der Waals surface area contributed by atoms with E-state index in [1.165, 1.54) is 0 Å². The van der Waals surface area contributed by atoms with Crippen molar-refractivity contribution in [3.8, 4) is 0 Å². The lowest BCUT2D eigenvalue weighted by Crippen LogP contribution is -2.41. The molecule has 0 saturated heterocycles. The molecule has 0 spiro atoms. The van der Waals surface area contributed by atoms with Crippen molar-refractivity contribution in [2.45, 2.75) is 39.7 Å². The lowest BCUT2D eigenvalue weighted by Gasteiger charge is -2.23. The van der Waals surface area contributed by atoms with Crippen LogP contribution in [0.2, 0.25) is 0 Å². The number of anilines is 1. The number of amides is 1. The van der Waals surface area contributed by atoms with Crippen LogP contribution in [0, 0.1) is 0 Å². The van der Waals surface area contributed by atoms with Crippen LogP contribution in [0.5, 0.6) is 0 Å². The second kappa shape index (κ2) is 7.78. The fourth-order valence-corrected chi connectivity index (χ4v) is 1.96. The Morgan fingerprint density at radius 3 is 2.38 bits per heavy atom. The van der Waals surface area contributed by atoms with Crippen molar-refractivity contribution in [3.63, 3.8) is 0 Å². The molecule has 0 aliphatic carbocycles. The molecule has 5 nitrogen and oxygen atoms in total. The molecule has 0 saturated carbocycles. The maximum Gasteiger partial charge on any atom is 0.317 e. The molecule has 0 aliphatic heterocycles. The molecule has 1 rings (SSSR count). The van der Waals surface area contributed by atoms with E-state index in [0.717, 1.165) is 11.3 Å². The van der Waals surface area contributed by atoms with Crippen LogP contribution in [0.3, 0.4) is 0 Å². The predicted molar refractivity (Wildman–Crippen MR) is 83.5 cm³/mol. The molecule has 0 unspecified atom stereocenters. The first kappa shape index (κ1) is 17.2. The maximum absolute atomic E-state index is 12.0. The third-order valence-corrected chi connectivity index (χ3v) is 3.25. The molecule has 5 heteroatoms. The van der Waals surface area contributed by atoms with Crippen LogP contribution in [-0.2, 0) is 9.59 Å². The van der Waals surface area contributed by atoms with Crippen molar-refractivity contribution in [1.82, 2.24) is 4.90 Å². The summed E-state index contributed by atoms with van der Waals surface area (Å²) in [7, 11) is 0. The van der Waals surface area contributed by atoms with Gasteiger partial charge in [-0.3, -0.25) is 14.5 Å². The van der Waals surface area contributed by atoms with E-state index in [4.69, 9.17) is 5.11 Å². The number of nitrogens with zero attached hydrogens (tertiary/aromatic N) is 1. The smallest absolute Gasteiger partial charge is 0.317 e. The number of aliphatic carboxylic acids is 1. The highest BCUT2D eigenvalue weighted by Gasteiger charge is 2.17. The molecule has 0 heterocycles. The van der Waals surface area contributed by atoms with Gasteiger partial charge in [0.25, 0.3) is 0 Å². The van der Waals surface area contributed by atoms with E-state index in [2.05, 4.69) is 19.2 Å². The number of hydrogen-bond acceptors (Lipinski definition) is 3. The SMILES string of the molecule is CC(C)c1cccc(NC(=O)CN(CC(=O)O)C(C)C)c1. The van der Waals surface area contributed by atoms with Crippen molar-refractivity contribution >= 4 is 17.6 Å². The number of carbonyl (C=O) groups is 2. The summed E-state index contributed by atoms with van der Waals surface area (Å²) in [5.74, 6) is -0.745. The Bertz CT molecular complexity index is 498. The zero-order valence-electron chi connectivity index (χ0n) is 13.1. The number of nitrogens with one attached hydrogen (secondary N) is 1. The standard InChI is InChI=1S/C16H24N2O3/c1-11(2)13-6-5-7-14(8-13)17-15(19)9-18(12(3)4)10-16(20)21/h5-8,11-12H,9-10H2,1-4H3,(H,17,19)(H,20,21). The topological polar surface area (TPSA) is 69.6 Å². The highest BCUT2D eigenvalue weighted by molar-refractivity contribution is 5.92. The van der Waals surface area contributed by atoms with Gasteiger partial charge in [-0.2, -0.15) is 0 Å². The molecular weight excluding hydrogens is 268 g/mol. The van der Waals surface area contributed by atoms with Gasteiger partial charge < -0.3 is 10.4 Å². The van der Waals surface area contributed by atoms with E-state index in [-0.39, 0.29) is 25.0 Å². The van der Waals surface area contributed by atoms with Crippen molar-refractivity contribution < 1.29 is 14.7 Å². The average molecular weight is 292 g/mol. The van der Waals surface area contributed by atoms with Crippen molar-refractivity contribution in [3.05, 3.63) is 29.8 Å². The van der Waals surface area contributed by atoms with E-state index in [9.17, 15) is 9.59 Å². The summed E-state index contributed by atoms with van der Waals surface area (Å²) in [5, 5.41) is 11.7. The van der Waals surface area contributed by atoms with Gasteiger partial charge in [0.05, 0.1) is 13.1 Å². The first-order valence-electron chi connectivity index (χ1n) is 7.15. The molecule has 1 amide bonds. The van der Waals surface area contributed by atoms with Crippen LogP contribution in [0.1, 0.15) is 39.2 Å². The molecule has 2 N–H and O–H groups in total. The van der Waals surface area contributed by atoms with E-state index >= 15 is 0 Å². The molecule has 21 heavy (non-hydrogen) atoms. The summed E-state index contributed by atoms with van der Waals surface area (Å²) < 4.78 is 0. The number of hydrogen-bond donors (Lipinski definition) is 2. The van der Waals surface area contributed by atoms with E-state index in [1.54, 1.807) is 4.90 Å². The van der Waals surface area contributed by atoms with Crippen LogP contribution in [0.15, 0.2) is 24.3 Å². The van der Waals surface area contributed by atoms with Crippen LogP contribution in [0.25, 0.3) is 0 Å². The third kappa shape index (κ3) is 5.95. The molecule has 0 atom stereocenters. The van der Waals surface area contributed by atoms with Gasteiger partial charge in [-0.05, 0) is 37.5 Å². The lowest BCUT2D eigenvalue weighted by atomic mass is 10.0. The molecule has 0 aliphatic rings. The van der Waals surface area contributed by atoms with Gasteiger partial charge in [0.1, 0.15) is 0 Å². The number of carboxylic acid groups (broad SMARTS) is 1. The van der Waals surface area contributed by atoms with Crippen molar-refractivity contribution in [2.24, 2.45) is 0 Å². The second-order valence-corrected chi connectivity index (χ2v) is 5.72. The van der Waals surface area contributed by atoms with Crippen LogP contribution < -0.4 is 5.32 Å². The minimum atomic E-state index is -0.932. The molecule has 0 fully saturated rings. The highest BCUT2D eigenvalue weighted by atomic mass is 16.4. The van der Waals surface area contributed by atoms with Crippen molar-refractivity contribution in [1.29, 1.82) is 0 Å². The molecule has 1 aromatic carbocycles. The highest BCUT2D eigenvalue weighted by Crippen LogP contribution is 2.18. The molecule has 1 aromatic rings. The Hall–Kier alpha value is -1.88. The zero-order valence-corrected chi connectivity index (χ0v) is 13.1. The van der Waals surface area contributed by atoms with Gasteiger partial charge in [-0.1, -0.05) is 26.0 Å². The molecule has 0 radical (unpaired) electrons. The van der Waals surface area contributed by atoms with Gasteiger partial charge in [-0.25, -0.2) is 0 Å². The molecule has 0 aromatic heterocycles. The van der Waals surface area contributed by atoms with Gasteiger partial charge in [0, 0.05) is 11.7 Å². The van der Waals surface area contributed by atoms with Crippen LogP contribution >= 0.6 is 0 Å². The Morgan fingerprint density at radius 1 is 1.19 bits per heavy atom. The minimum absolute atomic E-state index is 0.00570. The Morgan fingerprint density at radius 2 is 1.86 bits per heavy atom. The molecular formula is C16H24N2O3. The third-order valence-electron chi connectivity index (χ3n) is 3.25. The molecule has 0 bridgehead atoms. The van der Waals surface area contributed by atoms with E-state index in [0.29, 0.717) is 5.92 Å². The summed E-state index contributed by atoms with van der Waals surface area (Å²) in [6, 6.07) is 7.70. The summed E-state index contributed by atoms with van der Waals surface area (Å²) in [6.07, 6.45) is 0. The summed E-state index contributed by atoms with van der Waals surface area (Å²) in [4.78, 5) is 24.5. The fourth-order valence-electron chi connectivity index (χ4n) is 1.96. The predicted octanol–water partition coefficient (Wildman–Crippen LogP) is 2.54. The van der Waals surface area contributed by atoms with Gasteiger partial charge >= 0.3 is 5.97 Å². The zero-order chi connectivity index (χ0) is 16.0. The van der Waals surface area contributed by atoms with Crippen LogP contribution in [0.4, 0.5) is 5.69 Å². The first-order valence-corrected chi connectivity index (χ1v) is 7.15. The molecule has 116 valence electrons. The van der Waals surface area contributed by atoms with Gasteiger partial charge in [0.2, 0.25) is 5.91 Å². The largest absolute Gasteiger partial charge is 0.480 e. The summed E-state index contributed by atoms with van der Waals surface area (Å²) >= 11 is 0. The van der Waals surface area contributed by atoms with Gasteiger partial charge in [0.15, 0.2) is 0 Å². The minimum Gasteiger partial charge on any atom is -0.480 e. The summed E-state index contributed by atoms with van der Waals surface area (Å²) in [6.45, 7) is 7.85. The lowest BCUT2D eigenvalue weighted by molar-refractivity contribution is -0.139. The quantitative estimate of drug-likeness (QED) is 0.810. The van der Waals surface area contributed by atoms with Crippen molar-refractivity contribution in [2.75, 3.05) is 18.4 Å². The normalized spacial score (nSPS) is 11.2. The second-order valence-electron chi connectivity index (χ2n) is 5.72. The summed E-state index contributed by atoms with van der Waals surface area (Å²) in [5.41, 5.74) is 1.89. The first-order chi connectivity index (χ1) is 9.79. The average Bonchev–Trinajstić information content (AvgIpc) is 2.37. The van der Waals surface area contributed by atoms with E-state index < -0.39 is 5.97 Å². The number of carbonyl (C=O) groups excluding carboxylic acids is 1. The Balaban J connectivity index is 2.67. The van der Waals surface area contributed by atoms with Gasteiger partial charge in [-0.15, -0.1) is 0 Å². The number of carboxylic acids is 1. The van der Waals surface area contributed by atoms with E-state index in [1.807, 2.05) is 38.1 Å². The van der Waals surface area contributed by atoms with Crippen LogP contribution in [-0.4, -0.2) is 41.0 Å². The maximum atomic E-state index is 12.0. The monoisotopic (exact) mass is 292 g/mol. The Labute approximate surface area is 126 Å².